The molecule has 0 radical (unpaired) electrons. The Morgan fingerprint density at radius 3 is 2.67 bits per heavy atom. The van der Waals surface area contributed by atoms with Crippen LogP contribution in [0.3, 0.4) is 0 Å². The number of rotatable bonds is 4. The third kappa shape index (κ3) is 2.62. The van der Waals surface area contributed by atoms with E-state index in [1.54, 1.807) is 12.2 Å². The van der Waals surface area contributed by atoms with E-state index < -0.39 is 27.2 Å². The first-order chi connectivity index (χ1) is 9.96. The van der Waals surface area contributed by atoms with Gasteiger partial charge in [0.25, 0.3) is 0 Å². The molecule has 2 aliphatic heterocycles. The average molecular weight is 348 g/mol. The Labute approximate surface area is 137 Å². The molecule has 6 heteroatoms. The van der Waals surface area contributed by atoms with E-state index in [-0.39, 0.29) is 6.61 Å². The lowest BCUT2D eigenvalue weighted by molar-refractivity contribution is -0.146. The van der Waals surface area contributed by atoms with Crippen molar-refractivity contribution in [3.63, 3.8) is 0 Å². The number of halogens is 3. The fourth-order valence-corrected chi connectivity index (χ4v) is 3.42. The van der Waals surface area contributed by atoms with Crippen molar-refractivity contribution >= 4 is 40.6 Å². The molecule has 1 aromatic rings. The third-order valence-corrected chi connectivity index (χ3v) is 5.05. The van der Waals surface area contributed by atoms with Gasteiger partial charge in [-0.15, -0.1) is 11.6 Å². The maximum absolute atomic E-state index is 12.2. The summed E-state index contributed by atoms with van der Waals surface area (Å²) < 4.78 is 9.80. The zero-order valence-electron chi connectivity index (χ0n) is 11.0. The van der Waals surface area contributed by atoms with Gasteiger partial charge in [-0.3, -0.25) is 4.79 Å². The highest BCUT2D eigenvalue weighted by Gasteiger charge is 2.61. The molecule has 2 bridgehead atoms. The Kier molecular flexibility index (Phi) is 4.06. The van der Waals surface area contributed by atoms with Gasteiger partial charge in [-0.1, -0.05) is 59.6 Å². The van der Waals surface area contributed by atoms with Crippen LogP contribution in [0.15, 0.2) is 42.5 Å². The lowest BCUT2D eigenvalue weighted by Crippen LogP contribution is -2.60. The molecule has 2 aliphatic rings. The maximum Gasteiger partial charge on any atom is 0.206 e. The Morgan fingerprint density at radius 2 is 1.95 bits per heavy atom. The number of Topliss-reactive ketones (excluding diaryl/α,β-unsaturated/α-hetero) is 1. The minimum Gasteiger partial charge on any atom is -0.373 e. The Hall–Kier alpha value is -0.580. The summed E-state index contributed by atoms with van der Waals surface area (Å²) in [6.07, 6.45) is 2.71. The van der Waals surface area contributed by atoms with Crippen LogP contribution < -0.4 is 0 Å². The highest BCUT2D eigenvalue weighted by Crippen LogP contribution is 2.47. The SMILES string of the molecule is O=C1[C@@H](Cl)[C@@]2(COCc3ccccc3)C=C[C@H](O2)C1(Cl)Cl. The number of benzene rings is 1. The van der Waals surface area contributed by atoms with E-state index in [0.29, 0.717) is 6.61 Å². The molecule has 3 rings (SSSR count). The number of alkyl halides is 3. The van der Waals surface area contributed by atoms with Gasteiger partial charge in [0.15, 0.2) is 5.78 Å². The first-order valence-electron chi connectivity index (χ1n) is 6.51. The molecule has 21 heavy (non-hydrogen) atoms. The van der Waals surface area contributed by atoms with Crippen molar-refractivity contribution in [2.24, 2.45) is 0 Å². The Morgan fingerprint density at radius 1 is 1.24 bits per heavy atom. The van der Waals surface area contributed by atoms with Gasteiger partial charge in [0.1, 0.15) is 17.1 Å². The van der Waals surface area contributed by atoms with E-state index in [2.05, 4.69) is 0 Å². The van der Waals surface area contributed by atoms with Crippen LogP contribution in [0.2, 0.25) is 0 Å². The van der Waals surface area contributed by atoms with Crippen LogP contribution in [-0.2, 0) is 20.9 Å². The summed E-state index contributed by atoms with van der Waals surface area (Å²) in [5.41, 5.74) is 0.0375. The van der Waals surface area contributed by atoms with E-state index in [4.69, 9.17) is 44.3 Å². The highest BCUT2D eigenvalue weighted by atomic mass is 35.5. The average Bonchev–Trinajstić information content (AvgIpc) is 2.90. The lowest BCUT2D eigenvalue weighted by atomic mass is 9.94. The third-order valence-electron chi connectivity index (χ3n) is 3.68. The van der Waals surface area contributed by atoms with E-state index in [9.17, 15) is 4.79 Å². The molecule has 0 N–H and O–H groups in total. The van der Waals surface area contributed by atoms with Gasteiger partial charge in [-0.25, -0.2) is 0 Å². The molecule has 0 spiro atoms. The number of hydrogen-bond acceptors (Lipinski definition) is 3. The fraction of sp³-hybridized carbons (Fsp3) is 0.400. The van der Waals surface area contributed by atoms with Crippen molar-refractivity contribution in [3.05, 3.63) is 48.0 Å². The maximum atomic E-state index is 12.2. The molecule has 0 amide bonds. The van der Waals surface area contributed by atoms with Crippen molar-refractivity contribution in [2.75, 3.05) is 6.61 Å². The van der Waals surface area contributed by atoms with Crippen LogP contribution in [0.5, 0.6) is 0 Å². The van der Waals surface area contributed by atoms with Crippen molar-refractivity contribution < 1.29 is 14.3 Å². The van der Waals surface area contributed by atoms with Crippen LogP contribution >= 0.6 is 34.8 Å². The predicted octanol–water partition coefficient (Wildman–Crippen LogP) is 3.26. The van der Waals surface area contributed by atoms with Crippen LogP contribution in [0.25, 0.3) is 0 Å². The monoisotopic (exact) mass is 346 g/mol. The summed E-state index contributed by atoms with van der Waals surface area (Å²) in [5, 5.41) is -0.974. The molecule has 3 atom stereocenters. The summed E-state index contributed by atoms with van der Waals surface area (Å²) in [6.45, 7) is 0.577. The molecule has 1 aromatic carbocycles. The number of hydrogen-bond donors (Lipinski definition) is 0. The zero-order chi connectivity index (χ0) is 15.1. The fourth-order valence-electron chi connectivity index (χ4n) is 2.49. The minimum absolute atomic E-state index is 0.165. The summed E-state index contributed by atoms with van der Waals surface area (Å²) in [6, 6.07) is 9.72. The summed E-state index contributed by atoms with van der Waals surface area (Å²) in [7, 11) is 0. The number of carbonyl (C=O) groups is 1. The molecule has 0 saturated carbocycles. The van der Waals surface area contributed by atoms with Gasteiger partial charge < -0.3 is 9.47 Å². The molecule has 1 fully saturated rings. The van der Waals surface area contributed by atoms with Gasteiger partial charge in [-0.05, 0) is 11.6 Å². The van der Waals surface area contributed by atoms with Gasteiger partial charge >= 0.3 is 0 Å². The van der Waals surface area contributed by atoms with Crippen LogP contribution in [0, 0.1) is 0 Å². The van der Waals surface area contributed by atoms with Crippen molar-refractivity contribution in [1.82, 2.24) is 0 Å². The summed E-state index contributed by atoms with van der Waals surface area (Å²) >= 11 is 18.2. The molecule has 112 valence electrons. The smallest absolute Gasteiger partial charge is 0.206 e. The van der Waals surface area contributed by atoms with Crippen molar-refractivity contribution in [3.8, 4) is 0 Å². The molecule has 2 heterocycles. The van der Waals surface area contributed by atoms with Crippen molar-refractivity contribution in [2.45, 2.75) is 28.0 Å². The second-order valence-electron chi connectivity index (χ2n) is 5.18. The van der Waals surface area contributed by atoms with Gasteiger partial charge in [0.05, 0.1) is 13.2 Å². The molecule has 0 aliphatic carbocycles. The van der Waals surface area contributed by atoms with Gasteiger partial charge in [0, 0.05) is 0 Å². The number of fused-ring (bicyclic) bond motifs is 2. The minimum atomic E-state index is -1.64. The second kappa shape index (κ2) is 5.56. The normalized spacial score (nSPS) is 33.4. The zero-order valence-corrected chi connectivity index (χ0v) is 13.2. The first kappa shape index (κ1) is 15.3. The Balaban J connectivity index is 1.68. The van der Waals surface area contributed by atoms with E-state index >= 15 is 0 Å². The van der Waals surface area contributed by atoms with E-state index in [0.717, 1.165) is 5.56 Å². The molecule has 3 nitrogen and oxygen atoms in total. The van der Waals surface area contributed by atoms with Gasteiger partial charge in [0.2, 0.25) is 4.33 Å². The topological polar surface area (TPSA) is 35.5 Å². The number of ketones is 1. The number of carbonyl (C=O) groups excluding carboxylic acids is 1. The second-order valence-corrected chi connectivity index (χ2v) is 7.00. The highest BCUT2D eigenvalue weighted by molar-refractivity contribution is 6.62. The molecule has 0 unspecified atom stereocenters. The van der Waals surface area contributed by atoms with Crippen LogP contribution in [-0.4, -0.2) is 33.8 Å². The number of ether oxygens (including phenoxy) is 2. The van der Waals surface area contributed by atoms with E-state index in [1.165, 1.54) is 0 Å². The molecular weight excluding hydrogens is 335 g/mol. The lowest BCUT2D eigenvalue weighted by Gasteiger charge is -2.41. The summed E-state index contributed by atoms with van der Waals surface area (Å²) in [4.78, 5) is 12.2. The predicted molar refractivity (Wildman–Crippen MR) is 81.9 cm³/mol. The van der Waals surface area contributed by atoms with Crippen molar-refractivity contribution in [1.29, 1.82) is 0 Å². The van der Waals surface area contributed by atoms with E-state index in [1.807, 2.05) is 30.3 Å². The molecule has 0 aromatic heterocycles. The Bertz CT molecular complexity index is 573. The van der Waals surface area contributed by atoms with Crippen LogP contribution in [0.1, 0.15) is 5.56 Å². The van der Waals surface area contributed by atoms with Gasteiger partial charge in [-0.2, -0.15) is 0 Å². The molecule has 1 saturated heterocycles. The first-order valence-corrected chi connectivity index (χ1v) is 7.70. The molecular formula is C15H13Cl3O3. The standard InChI is InChI=1S/C15H13Cl3O3/c16-12-13(19)15(17,18)11-6-7-14(12,21-11)9-20-8-10-4-2-1-3-5-10/h1-7,11-12H,8-9H2/t11-,12+,14-/m0/s1. The van der Waals surface area contributed by atoms with Crippen LogP contribution in [0.4, 0.5) is 0 Å². The largest absolute Gasteiger partial charge is 0.373 e. The quantitative estimate of drug-likeness (QED) is 0.619. The summed E-state index contributed by atoms with van der Waals surface area (Å²) in [5.74, 6) is -0.447.